The predicted molar refractivity (Wildman–Crippen MR) is 120 cm³/mol. The normalized spacial score (nSPS) is 14.2. The third-order valence-electron chi connectivity index (χ3n) is 5.23. The largest absolute Gasteiger partial charge is 0.493 e. The molecule has 2 amide bonds. The third-order valence-corrected chi connectivity index (χ3v) is 5.23. The van der Waals surface area contributed by atoms with E-state index < -0.39 is 18.6 Å². The van der Waals surface area contributed by atoms with Crippen LogP contribution in [0.3, 0.4) is 0 Å². The van der Waals surface area contributed by atoms with Crippen LogP contribution in [-0.2, 0) is 17.8 Å². The Morgan fingerprint density at radius 2 is 1.88 bits per heavy atom. The van der Waals surface area contributed by atoms with Gasteiger partial charge in [-0.2, -0.15) is 8.78 Å². The van der Waals surface area contributed by atoms with Crippen molar-refractivity contribution in [2.24, 2.45) is 0 Å². The minimum absolute atomic E-state index is 0.0766. The van der Waals surface area contributed by atoms with Gasteiger partial charge < -0.3 is 24.8 Å². The second-order valence-corrected chi connectivity index (χ2v) is 7.53. The second kappa shape index (κ2) is 10.2. The van der Waals surface area contributed by atoms with Gasteiger partial charge in [0.2, 0.25) is 0 Å². The maximum Gasteiger partial charge on any atom is 0.387 e. The smallest absolute Gasteiger partial charge is 0.387 e. The predicted octanol–water partition coefficient (Wildman–Crippen LogP) is 4.17. The summed E-state index contributed by atoms with van der Waals surface area (Å²) in [5, 5.41) is 5.50. The molecule has 0 spiro atoms. The van der Waals surface area contributed by atoms with E-state index in [0.29, 0.717) is 29.0 Å². The van der Waals surface area contributed by atoms with E-state index in [2.05, 4.69) is 15.4 Å². The van der Waals surface area contributed by atoms with Gasteiger partial charge in [0.15, 0.2) is 17.6 Å². The first-order valence-corrected chi connectivity index (χ1v) is 10.5. The van der Waals surface area contributed by atoms with Crippen LogP contribution < -0.4 is 24.8 Å². The van der Waals surface area contributed by atoms with Crippen LogP contribution in [0.1, 0.15) is 21.5 Å². The zero-order valence-electron chi connectivity index (χ0n) is 18.2. The van der Waals surface area contributed by atoms with Gasteiger partial charge >= 0.3 is 6.61 Å². The van der Waals surface area contributed by atoms with Crippen LogP contribution in [0.5, 0.6) is 17.2 Å². The van der Waals surface area contributed by atoms with Gasteiger partial charge in [-0.05, 0) is 47.5 Å². The molecule has 176 valence electrons. The number of nitrogens with one attached hydrogen (secondary N) is 2. The lowest BCUT2D eigenvalue weighted by atomic mass is 10.1. The number of amides is 2. The molecule has 0 saturated heterocycles. The van der Waals surface area contributed by atoms with Crippen LogP contribution in [0.15, 0.2) is 66.7 Å². The zero-order chi connectivity index (χ0) is 24.1. The maximum absolute atomic E-state index is 12.6. The van der Waals surface area contributed by atoms with Gasteiger partial charge in [0.05, 0.1) is 7.11 Å². The lowest BCUT2D eigenvalue weighted by Crippen LogP contribution is -2.31. The van der Waals surface area contributed by atoms with Crippen LogP contribution in [0.25, 0.3) is 0 Å². The van der Waals surface area contributed by atoms with Crippen molar-refractivity contribution in [2.75, 3.05) is 12.4 Å². The number of benzene rings is 3. The standard InChI is InChI=1S/C25H22F2N2O5/c1-32-20-10-9-15(11-21(20)34-25(26)27)14-28-23(30)17-6-4-7-18(12-17)29-24(31)22-13-16-5-2-3-8-19(16)33-22/h2-12,22,25H,13-14H2,1H3,(H,28,30)(H,29,31). The minimum Gasteiger partial charge on any atom is -0.493 e. The van der Waals surface area contributed by atoms with Crippen molar-refractivity contribution in [3.63, 3.8) is 0 Å². The van der Waals surface area contributed by atoms with Crippen LogP contribution in [0, 0.1) is 0 Å². The summed E-state index contributed by atoms with van der Waals surface area (Å²) in [5.74, 6) is 0.0288. The van der Waals surface area contributed by atoms with Gasteiger partial charge in [-0.25, -0.2) is 0 Å². The number of halogens is 2. The number of ether oxygens (including phenoxy) is 3. The number of carbonyl (C=O) groups excluding carboxylic acids is 2. The topological polar surface area (TPSA) is 85.9 Å². The van der Waals surface area contributed by atoms with Crippen molar-refractivity contribution < 1.29 is 32.6 Å². The van der Waals surface area contributed by atoms with Crippen LogP contribution in [-0.4, -0.2) is 31.6 Å². The molecule has 7 nitrogen and oxygen atoms in total. The second-order valence-electron chi connectivity index (χ2n) is 7.53. The molecule has 0 fully saturated rings. The van der Waals surface area contributed by atoms with E-state index in [1.165, 1.54) is 19.2 Å². The van der Waals surface area contributed by atoms with Gasteiger partial charge in [0.25, 0.3) is 11.8 Å². The first kappa shape index (κ1) is 23.0. The molecule has 3 aromatic carbocycles. The third kappa shape index (κ3) is 5.43. The quantitative estimate of drug-likeness (QED) is 0.518. The highest BCUT2D eigenvalue weighted by molar-refractivity contribution is 5.98. The van der Waals surface area contributed by atoms with E-state index in [9.17, 15) is 18.4 Å². The Morgan fingerprint density at radius 1 is 1.06 bits per heavy atom. The van der Waals surface area contributed by atoms with Crippen molar-refractivity contribution in [2.45, 2.75) is 25.7 Å². The fourth-order valence-electron chi connectivity index (χ4n) is 3.59. The molecular formula is C25H22F2N2O5. The van der Waals surface area contributed by atoms with E-state index in [0.717, 1.165) is 5.56 Å². The number of alkyl halides is 2. The van der Waals surface area contributed by atoms with Crippen molar-refractivity contribution >= 4 is 17.5 Å². The summed E-state index contributed by atoms with van der Waals surface area (Å²) in [4.78, 5) is 25.2. The Labute approximate surface area is 194 Å². The summed E-state index contributed by atoms with van der Waals surface area (Å²) < 4.78 is 40.4. The highest BCUT2D eigenvalue weighted by atomic mass is 19.3. The van der Waals surface area contributed by atoms with Gasteiger partial charge in [0.1, 0.15) is 5.75 Å². The molecule has 2 N–H and O–H groups in total. The van der Waals surface area contributed by atoms with Crippen LogP contribution in [0.2, 0.25) is 0 Å². The fourth-order valence-corrected chi connectivity index (χ4v) is 3.59. The lowest BCUT2D eigenvalue weighted by molar-refractivity contribution is -0.122. The molecule has 0 aromatic heterocycles. The number of carbonyl (C=O) groups is 2. The fraction of sp³-hybridized carbons (Fsp3) is 0.200. The SMILES string of the molecule is COc1ccc(CNC(=O)c2cccc(NC(=O)C3Cc4ccccc4O3)c2)cc1OC(F)F. The van der Waals surface area contributed by atoms with E-state index >= 15 is 0 Å². The highest BCUT2D eigenvalue weighted by Gasteiger charge is 2.28. The van der Waals surface area contributed by atoms with E-state index in [-0.39, 0.29) is 24.0 Å². The van der Waals surface area contributed by atoms with Crippen LogP contribution in [0.4, 0.5) is 14.5 Å². The summed E-state index contributed by atoms with van der Waals surface area (Å²) in [7, 11) is 1.35. The minimum atomic E-state index is -3.00. The van der Waals surface area contributed by atoms with Gasteiger partial charge in [-0.1, -0.05) is 30.3 Å². The van der Waals surface area contributed by atoms with E-state index in [1.807, 2.05) is 24.3 Å². The van der Waals surface area contributed by atoms with Gasteiger partial charge in [-0.15, -0.1) is 0 Å². The summed E-state index contributed by atoms with van der Waals surface area (Å²) in [6.07, 6.45) is -0.170. The Balaban J connectivity index is 1.36. The molecule has 4 rings (SSSR count). The van der Waals surface area contributed by atoms with Gasteiger partial charge in [0, 0.05) is 24.2 Å². The molecule has 0 bridgehead atoms. The van der Waals surface area contributed by atoms with Crippen molar-refractivity contribution in [1.29, 1.82) is 0 Å². The number of para-hydroxylation sites is 1. The Bertz CT molecular complexity index is 1180. The molecule has 1 unspecified atom stereocenters. The first-order valence-electron chi connectivity index (χ1n) is 10.5. The summed E-state index contributed by atoms with van der Waals surface area (Å²) >= 11 is 0. The maximum atomic E-state index is 12.6. The monoisotopic (exact) mass is 468 g/mol. The number of fused-ring (bicyclic) bond motifs is 1. The number of hydrogen-bond acceptors (Lipinski definition) is 5. The Morgan fingerprint density at radius 3 is 2.65 bits per heavy atom. The average molecular weight is 468 g/mol. The molecule has 9 heteroatoms. The molecule has 1 aliphatic rings. The number of methoxy groups -OCH3 is 1. The van der Waals surface area contributed by atoms with E-state index in [4.69, 9.17) is 9.47 Å². The summed E-state index contributed by atoms with van der Waals surface area (Å²) in [5.41, 5.74) is 2.30. The highest BCUT2D eigenvalue weighted by Crippen LogP contribution is 2.30. The molecule has 0 radical (unpaired) electrons. The Kier molecular flexibility index (Phi) is 6.91. The van der Waals surface area contributed by atoms with Gasteiger partial charge in [-0.3, -0.25) is 9.59 Å². The van der Waals surface area contributed by atoms with Crippen molar-refractivity contribution in [1.82, 2.24) is 5.32 Å². The Hall–Kier alpha value is -4.14. The molecule has 0 aliphatic carbocycles. The summed E-state index contributed by atoms with van der Waals surface area (Å²) in [6.45, 7) is -2.92. The van der Waals surface area contributed by atoms with Crippen LogP contribution >= 0.6 is 0 Å². The number of rotatable bonds is 8. The molecule has 3 aromatic rings. The molecular weight excluding hydrogens is 446 g/mol. The molecule has 1 heterocycles. The first-order chi connectivity index (χ1) is 16.4. The van der Waals surface area contributed by atoms with Crippen molar-refractivity contribution in [3.05, 3.63) is 83.4 Å². The van der Waals surface area contributed by atoms with Crippen molar-refractivity contribution in [3.8, 4) is 17.2 Å². The average Bonchev–Trinajstić information content (AvgIpc) is 3.27. The molecule has 1 aliphatic heterocycles. The molecule has 1 atom stereocenters. The molecule has 0 saturated carbocycles. The van der Waals surface area contributed by atoms with E-state index in [1.54, 1.807) is 30.3 Å². The lowest BCUT2D eigenvalue weighted by Gasteiger charge is -2.13. The molecule has 34 heavy (non-hydrogen) atoms. The summed E-state index contributed by atoms with van der Waals surface area (Å²) in [6, 6.07) is 18.4. The number of hydrogen-bond donors (Lipinski definition) is 2. The zero-order valence-corrected chi connectivity index (χ0v) is 18.2. The number of anilines is 1.